The third-order valence-electron chi connectivity index (χ3n) is 1.96. The zero-order valence-electron chi connectivity index (χ0n) is 6.00. The van der Waals surface area contributed by atoms with Crippen LogP contribution in [0.15, 0.2) is 18.3 Å². The Morgan fingerprint density at radius 1 is 1.64 bits per heavy atom. The summed E-state index contributed by atoms with van der Waals surface area (Å²) in [7, 11) is 0. The smallest absolute Gasteiger partial charge is 0.126 e. The Hall–Kier alpha value is -0.960. The highest BCUT2D eigenvalue weighted by Crippen LogP contribution is 2.37. The van der Waals surface area contributed by atoms with Gasteiger partial charge in [-0.25, -0.2) is 4.39 Å². The molecule has 0 bridgehead atoms. The molecule has 1 aromatic heterocycles. The van der Waals surface area contributed by atoms with Crippen molar-refractivity contribution in [2.75, 3.05) is 0 Å². The van der Waals surface area contributed by atoms with E-state index in [1.165, 1.54) is 18.3 Å². The molecule has 2 atom stereocenters. The van der Waals surface area contributed by atoms with E-state index >= 15 is 0 Å². The molecule has 0 amide bonds. The van der Waals surface area contributed by atoms with Gasteiger partial charge in [-0.05, 0) is 18.6 Å². The predicted octanol–water partition coefficient (Wildman–Crippen LogP) is 1.04. The summed E-state index contributed by atoms with van der Waals surface area (Å²) in [6, 6.07) is 3.00. The van der Waals surface area contributed by atoms with Gasteiger partial charge in [-0.1, -0.05) is 0 Å². The third kappa shape index (κ3) is 1.24. The Labute approximate surface area is 64.2 Å². The largest absolute Gasteiger partial charge is 0.327 e. The van der Waals surface area contributed by atoms with E-state index in [9.17, 15) is 4.39 Å². The van der Waals surface area contributed by atoms with E-state index in [4.69, 9.17) is 5.73 Å². The maximum atomic E-state index is 12.6. The highest BCUT2D eigenvalue weighted by molar-refractivity contribution is 5.20. The molecule has 1 aliphatic carbocycles. The molecule has 3 heteroatoms. The number of hydrogen-bond donors (Lipinski definition) is 1. The molecule has 2 nitrogen and oxygen atoms in total. The molecule has 58 valence electrons. The number of nitrogens with two attached hydrogens (primary N) is 1. The molecule has 2 N–H and O–H groups in total. The van der Waals surface area contributed by atoms with E-state index < -0.39 is 0 Å². The summed E-state index contributed by atoms with van der Waals surface area (Å²) in [6.07, 6.45) is 2.42. The maximum absolute atomic E-state index is 12.6. The minimum atomic E-state index is -0.228. The van der Waals surface area contributed by atoms with Crippen LogP contribution in [0.25, 0.3) is 0 Å². The van der Waals surface area contributed by atoms with Crippen molar-refractivity contribution in [1.82, 2.24) is 4.98 Å². The van der Waals surface area contributed by atoms with Crippen LogP contribution in [-0.2, 0) is 0 Å². The standard InChI is InChI=1S/C8H9FN2/c9-5-1-2-11-8(3-5)6-4-7(6)10/h1-3,6-7H,4,10H2. The van der Waals surface area contributed by atoms with Crippen LogP contribution < -0.4 is 5.73 Å². The summed E-state index contributed by atoms with van der Waals surface area (Å²) < 4.78 is 12.6. The fourth-order valence-corrected chi connectivity index (χ4v) is 1.18. The number of aromatic nitrogens is 1. The molecular weight excluding hydrogens is 143 g/mol. The molecule has 0 radical (unpaired) electrons. The summed E-state index contributed by atoms with van der Waals surface area (Å²) in [5, 5.41) is 0. The molecule has 0 saturated heterocycles. The van der Waals surface area contributed by atoms with Crippen LogP contribution >= 0.6 is 0 Å². The van der Waals surface area contributed by atoms with E-state index in [0.717, 1.165) is 12.1 Å². The van der Waals surface area contributed by atoms with Crippen molar-refractivity contribution in [3.05, 3.63) is 29.8 Å². The van der Waals surface area contributed by atoms with Crippen molar-refractivity contribution in [3.63, 3.8) is 0 Å². The number of hydrogen-bond acceptors (Lipinski definition) is 2. The monoisotopic (exact) mass is 152 g/mol. The van der Waals surface area contributed by atoms with Crippen LogP contribution in [0.3, 0.4) is 0 Å². The summed E-state index contributed by atoms with van der Waals surface area (Å²) in [5.41, 5.74) is 6.38. The van der Waals surface area contributed by atoms with Gasteiger partial charge in [0.1, 0.15) is 5.82 Å². The zero-order valence-corrected chi connectivity index (χ0v) is 6.00. The average Bonchev–Trinajstić information content (AvgIpc) is 2.67. The molecule has 11 heavy (non-hydrogen) atoms. The first-order valence-electron chi connectivity index (χ1n) is 3.64. The summed E-state index contributed by atoms with van der Waals surface area (Å²) >= 11 is 0. The molecule has 1 heterocycles. The number of pyridine rings is 1. The molecule has 0 aliphatic heterocycles. The third-order valence-corrected chi connectivity index (χ3v) is 1.96. The zero-order chi connectivity index (χ0) is 7.84. The molecule has 0 aromatic carbocycles. The number of rotatable bonds is 1. The first-order chi connectivity index (χ1) is 5.27. The maximum Gasteiger partial charge on any atom is 0.126 e. The minimum Gasteiger partial charge on any atom is -0.327 e. The van der Waals surface area contributed by atoms with E-state index in [1.807, 2.05) is 0 Å². The van der Waals surface area contributed by atoms with Crippen molar-refractivity contribution >= 4 is 0 Å². The van der Waals surface area contributed by atoms with Gasteiger partial charge in [-0.2, -0.15) is 0 Å². The minimum absolute atomic E-state index is 0.198. The second kappa shape index (κ2) is 2.27. The van der Waals surface area contributed by atoms with Gasteiger partial charge in [0.2, 0.25) is 0 Å². The van der Waals surface area contributed by atoms with Crippen molar-refractivity contribution in [3.8, 4) is 0 Å². The lowest BCUT2D eigenvalue weighted by Crippen LogP contribution is -2.02. The lowest BCUT2D eigenvalue weighted by molar-refractivity contribution is 0.621. The van der Waals surface area contributed by atoms with E-state index in [2.05, 4.69) is 4.98 Å². The van der Waals surface area contributed by atoms with Gasteiger partial charge in [0.15, 0.2) is 0 Å². The van der Waals surface area contributed by atoms with Crippen molar-refractivity contribution < 1.29 is 4.39 Å². The molecule has 1 aliphatic rings. The Morgan fingerprint density at radius 2 is 2.36 bits per heavy atom. The van der Waals surface area contributed by atoms with Crippen molar-refractivity contribution in [2.45, 2.75) is 18.4 Å². The van der Waals surface area contributed by atoms with Gasteiger partial charge in [-0.3, -0.25) is 4.98 Å². The summed E-state index contributed by atoms with van der Waals surface area (Å²) in [4.78, 5) is 4.03. The van der Waals surface area contributed by atoms with Gasteiger partial charge < -0.3 is 5.73 Å². The summed E-state index contributed by atoms with van der Waals surface area (Å²) in [5.74, 6) is 0.0693. The molecule has 0 spiro atoms. The number of halogens is 1. The molecule has 2 rings (SSSR count). The van der Waals surface area contributed by atoms with Gasteiger partial charge in [0, 0.05) is 23.9 Å². The normalized spacial score (nSPS) is 28.5. The second-order valence-corrected chi connectivity index (χ2v) is 2.90. The Bertz CT molecular complexity index is 275. The Kier molecular flexibility index (Phi) is 1.39. The van der Waals surface area contributed by atoms with Crippen molar-refractivity contribution in [2.24, 2.45) is 5.73 Å². The lowest BCUT2D eigenvalue weighted by Gasteiger charge is -1.95. The molecule has 1 saturated carbocycles. The van der Waals surface area contributed by atoms with E-state index in [-0.39, 0.29) is 11.9 Å². The predicted molar refractivity (Wildman–Crippen MR) is 39.5 cm³/mol. The molecule has 1 fully saturated rings. The fraction of sp³-hybridized carbons (Fsp3) is 0.375. The summed E-state index contributed by atoms with van der Waals surface area (Å²) in [6.45, 7) is 0. The first kappa shape index (κ1) is 6.73. The molecular formula is C8H9FN2. The van der Waals surface area contributed by atoms with Gasteiger partial charge in [-0.15, -0.1) is 0 Å². The van der Waals surface area contributed by atoms with Crippen LogP contribution in [0.5, 0.6) is 0 Å². The van der Waals surface area contributed by atoms with E-state index in [1.54, 1.807) is 0 Å². The van der Waals surface area contributed by atoms with Gasteiger partial charge in [0.05, 0.1) is 0 Å². The SMILES string of the molecule is NC1CC1c1cc(F)ccn1. The lowest BCUT2D eigenvalue weighted by atomic mass is 10.2. The quantitative estimate of drug-likeness (QED) is 0.652. The van der Waals surface area contributed by atoms with Crippen molar-refractivity contribution in [1.29, 1.82) is 0 Å². The fourth-order valence-electron chi connectivity index (χ4n) is 1.18. The molecule has 1 aromatic rings. The average molecular weight is 152 g/mol. The van der Waals surface area contributed by atoms with Crippen LogP contribution in [0.4, 0.5) is 4.39 Å². The first-order valence-corrected chi connectivity index (χ1v) is 3.64. The highest BCUT2D eigenvalue weighted by Gasteiger charge is 2.36. The number of nitrogens with zero attached hydrogens (tertiary/aromatic N) is 1. The van der Waals surface area contributed by atoms with Crippen LogP contribution in [-0.4, -0.2) is 11.0 Å². The highest BCUT2D eigenvalue weighted by atomic mass is 19.1. The van der Waals surface area contributed by atoms with Gasteiger partial charge >= 0.3 is 0 Å². The second-order valence-electron chi connectivity index (χ2n) is 2.90. The topological polar surface area (TPSA) is 38.9 Å². The van der Waals surface area contributed by atoms with Crippen LogP contribution in [0, 0.1) is 5.82 Å². The molecule has 2 unspecified atom stereocenters. The Balaban J connectivity index is 2.25. The van der Waals surface area contributed by atoms with Gasteiger partial charge in [0.25, 0.3) is 0 Å². The van der Waals surface area contributed by atoms with Crippen LogP contribution in [0.1, 0.15) is 18.0 Å². The Morgan fingerprint density at radius 3 is 2.91 bits per heavy atom. The van der Waals surface area contributed by atoms with E-state index in [0.29, 0.717) is 5.92 Å². The van der Waals surface area contributed by atoms with Crippen LogP contribution in [0.2, 0.25) is 0 Å².